The summed E-state index contributed by atoms with van der Waals surface area (Å²) < 4.78 is 17.8. The van der Waals surface area contributed by atoms with Gasteiger partial charge in [0.15, 0.2) is 5.76 Å². The lowest BCUT2D eigenvalue weighted by molar-refractivity contribution is 0.214. The second-order valence-electron chi connectivity index (χ2n) is 7.54. The first kappa shape index (κ1) is 21.0. The first-order valence-corrected chi connectivity index (χ1v) is 10.5. The molecule has 0 saturated carbocycles. The number of fused-ring (bicyclic) bond motifs is 1. The van der Waals surface area contributed by atoms with Crippen LogP contribution in [0.25, 0.3) is 22.3 Å². The highest BCUT2D eigenvalue weighted by Gasteiger charge is 2.18. The van der Waals surface area contributed by atoms with Crippen LogP contribution < -0.4 is 14.9 Å². The van der Waals surface area contributed by atoms with Gasteiger partial charge in [0.05, 0.1) is 5.39 Å². The lowest BCUT2D eigenvalue weighted by atomic mass is 10.0. The maximum absolute atomic E-state index is 13.3. The third kappa shape index (κ3) is 4.59. The van der Waals surface area contributed by atoms with E-state index >= 15 is 0 Å². The molecule has 4 nitrogen and oxygen atoms in total. The van der Waals surface area contributed by atoms with E-state index in [1.54, 1.807) is 12.1 Å². The Labute approximate surface area is 186 Å². The number of hydrogen-bond acceptors (Lipinski definition) is 4. The van der Waals surface area contributed by atoms with Crippen LogP contribution in [0.15, 0.2) is 69.9 Å². The van der Waals surface area contributed by atoms with Crippen molar-refractivity contribution in [2.75, 3.05) is 13.2 Å². The molecule has 0 saturated heterocycles. The average molecular weight is 435 g/mol. The van der Waals surface area contributed by atoms with Gasteiger partial charge in [-0.25, -0.2) is 0 Å². The van der Waals surface area contributed by atoms with Gasteiger partial charge in [-0.3, -0.25) is 4.79 Å². The Kier molecular flexibility index (Phi) is 6.01. The topological polar surface area (TPSA) is 48.7 Å². The van der Waals surface area contributed by atoms with Gasteiger partial charge in [0.25, 0.3) is 0 Å². The van der Waals surface area contributed by atoms with Gasteiger partial charge in [-0.15, -0.1) is 0 Å². The minimum atomic E-state index is -0.204. The van der Waals surface area contributed by atoms with E-state index in [4.69, 9.17) is 25.5 Å². The van der Waals surface area contributed by atoms with Crippen LogP contribution in [0.5, 0.6) is 11.5 Å². The Morgan fingerprint density at radius 2 is 1.58 bits per heavy atom. The first-order chi connectivity index (χ1) is 14.9. The molecule has 5 heteroatoms. The molecule has 0 fully saturated rings. The second kappa shape index (κ2) is 8.86. The summed E-state index contributed by atoms with van der Waals surface area (Å²) in [6.07, 6.45) is 0. The molecule has 0 radical (unpaired) electrons. The van der Waals surface area contributed by atoms with Gasteiger partial charge in [0, 0.05) is 10.6 Å². The van der Waals surface area contributed by atoms with Gasteiger partial charge < -0.3 is 13.9 Å². The molecule has 0 amide bonds. The Morgan fingerprint density at radius 3 is 2.32 bits per heavy atom. The summed E-state index contributed by atoms with van der Waals surface area (Å²) in [4.78, 5) is 13.3. The zero-order valence-electron chi connectivity index (χ0n) is 17.7. The van der Waals surface area contributed by atoms with Crippen molar-refractivity contribution in [3.63, 3.8) is 0 Å². The lowest BCUT2D eigenvalue weighted by Gasteiger charge is -2.13. The molecule has 31 heavy (non-hydrogen) atoms. The van der Waals surface area contributed by atoms with Crippen LogP contribution in [0.4, 0.5) is 0 Å². The maximum atomic E-state index is 13.3. The van der Waals surface area contributed by atoms with Crippen LogP contribution in [-0.4, -0.2) is 13.2 Å². The highest BCUT2D eigenvalue weighted by Crippen LogP contribution is 2.32. The summed E-state index contributed by atoms with van der Waals surface area (Å²) >= 11 is 6.04. The van der Waals surface area contributed by atoms with Crippen molar-refractivity contribution in [3.8, 4) is 22.8 Å². The normalized spacial score (nSPS) is 11.0. The predicted molar refractivity (Wildman–Crippen MR) is 125 cm³/mol. The minimum Gasteiger partial charge on any atom is -0.490 e. The Hall–Kier alpha value is -3.24. The fourth-order valence-electron chi connectivity index (χ4n) is 3.36. The van der Waals surface area contributed by atoms with E-state index in [0.717, 1.165) is 28.0 Å². The van der Waals surface area contributed by atoms with Crippen molar-refractivity contribution >= 4 is 22.6 Å². The third-order valence-electron chi connectivity index (χ3n) is 5.16. The zero-order valence-corrected chi connectivity index (χ0v) is 18.5. The summed E-state index contributed by atoms with van der Waals surface area (Å²) in [5.41, 5.74) is 4.23. The van der Waals surface area contributed by atoms with Crippen molar-refractivity contribution in [2.24, 2.45) is 0 Å². The molecule has 158 valence electrons. The standard InChI is InChI=1S/C26H23ClO4/c1-16-5-4-6-21(13-16)29-11-12-30-26-24(28)22-14-17(2)18(3)15-23(22)31-25(26)19-7-9-20(27)10-8-19/h4-10,13-15H,11-12H2,1-3H3. The number of benzene rings is 3. The highest BCUT2D eigenvalue weighted by atomic mass is 35.5. The van der Waals surface area contributed by atoms with Crippen molar-refractivity contribution < 1.29 is 13.9 Å². The molecule has 0 unspecified atom stereocenters. The van der Waals surface area contributed by atoms with Crippen LogP contribution in [0.1, 0.15) is 16.7 Å². The highest BCUT2D eigenvalue weighted by molar-refractivity contribution is 6.30. The van der Waals surface area contributed by atoms with E-state index in [1.165, 1.54) is 0 Å². The van der Waals surface area contributed by atoms with E-state index < -0.39 is 0 Å². The smallest absolute Gasteiger partial charge is 0.235 e. The third-order valence-corrected chi connectivity index (χ3v) is 5.41. The van der Waals surface area contributed by atoms with Gasteiger partial charge in [0.2, 0.25) is 11.2 Å². The van der Waals surface area contributed by atoms with Crippen LogP contribution in [0.3, 0.4) is 0 Å². The number of rotatable bonds is 6. The molecular weight excluding hydrogens is 412 g/mol. The Balaban J connectivity index is 1.68. The Bertz CT molecular complexity index is 1290. The molecule has 0 atom stereocenters. The van der Waals surface area contributed by atoms with E-state index in [9.17, 15) is 4.79 Å². The van der Waals surface area contributed by atoms with Gasteiger partial charge in [0.1, 0.15) is 24.5 Å². The fraction of sp³-hybridized carbons (Fsp3) is 0.192. The largest absolute Gasteiger partial charge is 0.490 e. The van der Waals surface area contributed by atoms with E-state index in [1.807, 2.05) is 69.3 Å². The lowest BCUT2D eigenvalue weighted by Crippen LogP contribution is -2.15. The van der Waals surface area contributed by atoms with Crippen LogP contribution in [-0.2, 0) is 0 Å². The first-order valence-electron chi connectivity index (χ1n) is 10.1. The Morgan fingerprint density at radius 1 is 0.871 bits per heavy atom. The molecule has 0 aliphatic rings. The summed E-state index contributed by atoms with van der Waals surface area (Å²) in [5.74, 6) is 1.32. The summed E-state index contributed by atoms with van der Waals surface area (Å²) in [5, 5.41) is 1.10. The summed E-state index contributed by atoms with van der Waals surface area (Å²) in [6.45, 7) is 6.47. The number of hydrogen-bond donors (Lipinski definition) is 0. The molecule has 0 spiro atoms. The van der Waals surface area contributed by atoms with Crippen molar-refractivity contribution in [1.82, 2.24) is 0 Å². The van der Waals surface area contributed by atoms with Gasteiger partial charge in [-0.05, 0) is 86.0 Å². The van der Waals surface area contributed by atoms with E-state index in [0.29, 0.717) is 28.4 Å². The molecule has 4 rings (SSSR count). The number of aryl methyl sites for hydroxylation is 3. The van der Waals surface area contributed by atoms with E-state index in [-0.39, 0.29) is 17.8 Å². The molecule has 1 heterocycles. The summed E-state index contributed by atoms with van der Waals surface area (Å²) in [6, 6.07) is 18.6. The quantitative estimate of drug-likeness (QED) is 0.325. The second-order valence-corrected chi connectivity index (χ2v) is 7.98. The molecule has 0 N–H and O–H groups in total. The summed E-state index contributed by atoms with van der Waals surface area (Å²) in [7, 11) is 0. The van der Waals surface area contributed by atoms with Gasteiger partial charge in [-0.1, -0.05) is 23.7 Å². The predicted octanol–water partition coefficient (Wildman–Crippen LogP) is 6.50. The average Bonchev–Trinajstić information content (AvgIpc) is 2.74. The molecule has 1 aromatic heterocycles. The van der Waals surface area contributed by atoms with Gasteiger partial charge in [-0.2, -0.15) is 0 Å². The molecular formula is C26H23ClO4. The van der Waals surface area contributed by atoms with E-state index in [2.05, 4.69) is 0 Å². The fourth-order valence-corrected chi connectivity index (χ4v) is 3.49. The molecule has 0 bridgehead atoms. The molecule has 3 aromatic carbocycles. The van der Waals surface area contributed by atoms with Crippen molar-refractivity contribution in [3.05, 3.63) is 92.6 Å². The molecule has 0 aliphatic heterocycles. The van der Waals surface area contributed by atoms with Crippen LogP contribution >= 0.6 is 11.6 Å². The van der Waals surface area contributed by atoms with Gasteiger partial charge >= 0.3 is 0 Å². The van der Waals surface area contributed by atoms with Crippen molar-refractivity contribution in [1.29, 1.82) is 0 Å². The zero-order chi connectivity index (χ0) is 22.0. The van der Waals surface area contributed by atoms with Crippen molar-refractivity contribution in [2.45, 2.75) is 20.8 Å². The monoisotopic (exact) mass is 434 g/mol. The number of halogens is 1. The molecule has 0 aliphatic carbocycles. The number of ether oxygens (including phenoxy) is 2. The maximum Gasteiger partial charge on any atom is 0.235 e. The van der Waals surface area contributed by atoms with Crippen LogP contribution in [0, 0.1) is 20.8 Å². The minimum absolute atomic E-state index is 0.172. The molecule has 4 aromatic rings. The van der Waals surface area contributed by atoms with Crippen LogP contribution in [0.2, 0.25) is 5.02 Å². The SMILES string of the molecule is Cc1cccc(OCCOc2c(-c3ccc(Cl)cc3)oc3cc(C)c(C)cc3c2=O)c1.